The van der Waals surface area contributed by atoms with Gasteiger partial charge in [-0.1, -0.05) is 42.4 Å². The van der Waals surface area contributed by atoms with Gasteiger partial charge < -0.3 is 0 Å². The molecule has 0 fully saturated rings. The van der Waals surface area contributed by atoms with Crippen molar-refractivity contribution < 1.29 is 17.6 Å². The summed E-state index contributed by atoms with van der Waals surface area (Å²) in [6.07, 6.45) is 1.11. The van der Waals surface area contributed by atoms with Crippen LogP contribution in [0.25, 0.3) is 0 Å². The van der Waals surface area contributed by atoms with Gasteiger partial charge in [-0.25, -0.2) is 12.8 Å². The molecule has 0 spiro atoms. The normalized spacial score (nSPS) is 11.2. The molecule has 23 heavy (non-hydrogen) atoms. The number of hydrogen-bond acceptors (Lipinski definition) is 3. The lowest BCUT2D eigenvalue weighted by Gasteiger charge is -2.10. The highest BCUT2D eigenvalue weighted by Gasteiger charge is 2.21. The Balaban J connectivity index is 2.40. The number of hydrogen-bond donors (Lipinski definition) is 0. The van der Waals surface area contributed by atoms with E-state index in [0.717, 1.165) is 18.2 Å². The summed E-state index contributed by atoms with van der Waals surface area (Å²) in [7, 11) is -3.73. The van der Waals surface area contributed by atoms with Crippen molar-refractivity contribution in [3.8, 4) is 0 Å². The lowest BCUT2D eigenvalue weighted by atomic mass is 10.1. The van der Waals surface area contributed by atoms with Gasteiger partial charge in [0.05, 0.1) is 10.6 Å². The molecule has 3 nitrogen and oxygen atoms in total. The van der Waals surface area contributed by atoms with E-state index in [0.29, 0.717) is 11.1 Å². The van der Waals surface area contributed by atoms with Gasteiger partial charge in [-0.05, 0) is 35.4 Å². The van der Waals surface area contributed by atoms with Gasteiger partial charge in [-0.3, -0.25) is 4.79 Å². The second kappa shape index (κ2) is 7.06. The highest BCUT2D eigenvalue weighted by Crippen LogP contribution is 2.25. The first-order chi connectivity index (χ1) is 10.8. The SMILES string of the molecule is C=CC(=O)Cc1ccccc1S(=O)(=O)Cc1ccc(F)cc1Cl. The minimum Gasteiger partial charge on any atom is -0.295 e. The third-order valence-corrected chi connectivity index (χ3v) is 5.37. The fraction of sp³-hybridized carbons (Fsp3) is 0.118. The van der Waals surface area contributed by atoms with Gasteiger partial charge in [0, 0.05) is 11.4 Å². The zero-order valence-corrected chi connectivity index (χ0v) is 13.7. The molecule has 0 aromatic heterocycles. The summed E-state index contributed by atoms with van der Waals surface area (Å²) in [6, 6.07) is 9.84. The van der Waals surface area contributed by atoms with Gasteiger partial charge >= 0.3 is 0 Å². The van der Waals surface area contributed by atoms with E-state index in [1.807, 2.05) is 0 Å². The molecule has 0 saturated heterocycles. The summed E-state index contributed by atoms with van der Waals surface area (Å²) >= 11 is 5.90. The summed E-state index contributed by atoms with van der Waals surface area (Å²) in [6.45, 7) is 3.38. The van der Waals surface area contributed by atoms with Crippen molar-refractivity contribution in [2.24, 2.45) is 0 Å². The largest absolute Gasteiger partial charge is 0.295 e. The number of halogens is 2. The molecule has 0 aliphatic carbocycles. The van der Waals surface area contributed by atoms with E-state index in [9.17, 15) is 17.6 Å². The van der Waals surface area contributed by atoms with Crippen LogP contribution in [0.1, 0.15) is 11.1 Å². The van der Waals surface area contributed by atoms with E-state index in [-0.39, 0.29) is 27.9 Å². The van der Waals surface area contributed by atoms with E-state index in [4.69, 9.17) is 11.6 Å². The fourth-order valence-electron chi connectivity index (χ4n) is 2.13. The van der Waals surface area contributed by atoms with Gasteiger partial charge in [-0.2, -0.15) is 0 Å². The molecule has 2 rings (SSSR count). The average Bonchev–Trinajstić information content (AvgIpc) is 2.50. The second-order valence-corrected chi connectivity index (χ2v) is 7.31. The Morgan fingerprint density at radius 3 is 2.52 bits per heavy atom. The topological polar surface area (TPSA) is 51.2 Å². The number of benzene rings is 2. The highest BCUT2D eigenvalue weighted by molar-refractivity contribution is 7.90. The predicted octanol–water partition coefficient (Wildman–Crippen LogP) is 3.75. The molecule has 0 atom stereocenters. The quantitative estimate of drug-likeness (QED) is 0.744. The number of allylic oxidation sites excluding steroid dienone is 1. The minimum absolute atomic E-state index is 0.0456. The van der Waals surface area contributed by atoms with E-state index < -0.39 is 15.7 Å². The number of rotatable bonds is 6. The lowest BCUT2D eigenvalue weighted by Crippen LogP contribution is -2.10. The Hall–Kier alpha value is -1.98. The molecule has 0 amide bonds. The molecule has 2 aromatic rings. The lowest BCUT2D eigenvalue weighted by molar-refractivity contribution is -0.114. The summed E-state index contributed by atoms with van der Waals surface area (Å²) < 4.78 is 38.3. The molecular formula is C17H14ClFO3S. The maximum atomic E-state index is 13.1. The molecule has 0 heterocycles. The van der Waals surface area contributed by atoms with Gasteiger partial charge in [0.25, 0.3) is 0 Å². The third-order valence-electron chi connectivity index (χ3n) is 3.26. The summed E-state index contributed by atoms with van der Waals surface area (Å²) in [5.74, 6) is -1.17. The Labute approximate surface area is 139 Å². The van der Waals surface area contributed by atoms with E-state index in [2.05, 4.69) is 6.58 Å². The van der Waals surface area contributed by atoms with Crippen LogP contribution in [-0.4, -0.2) is 14.2 Å². The molecule has 0 N–H and O–H groups in total. The molecule has 0 bridgehead atoms. The number of carbonyl (C=O) groups excluding carboxylic acids is 1. The number of carbonyl (C=O) groups is 1. The zero-order valence-electron chi connectivity index (χ0n) is 12.1. The van der Waals surface area contributed by atoms with Gasteiger partial charge in [-0.15, -0.1) is 0 Å². The molecule has 120 valence electrons. The summed E-state index contributed by atoms with van der Waals surface area (Å²) in [5, 5.41) is 0.0493. The van der Waals surface area contributed by atoms with Crippen LogP contribution in [0.5, 0.6) is 0 Å². The van der Waals surface area contributed by atoms with E-state index >= 15 is 0 Å². The van der Waals surface area contributed by atoms with Crippen LogP contribution in [0.2, 0.25) is 5.02 Å². The van der Waals surface area contributed by atoms with E-state index in [1.165, 1.54) is 12.1 Å². The van der Waals surface area contributed by atoms with Gasteiger partial charge in [0.1, 0.15) is 5.82 Å². The smallest absolute Gasteiger partial charge is 0.182 e. The first kappa shape index (κ1) is 17.4. The van der Waals surface area contributed by atoms with Crippen molar-refractivity contribution in [3.05, 3.63) is 77.1 Å². The first-order valence-electron chi connectivity index (χ1n) is 6.73. The average molecular weight is 353 g/mol. The number of sulfone groups is 1. The van der Waals surface area contributed by atoms with Crippen LogP contribution in [0, 0.1) is 5.82 Å². The zero-order chi connectivity index (χ0) is 17.0. The van der Waals surface area contributed by atoms with Crippen molar-refractivity contribution in [2.75, 3.05) is 0 Å². The third kappa shape index (κ3) is 4.27. The maximum absolute atomic E-state index is 13.1. The van der Waals surface area contributed by atoms with Crippen LogP contribution in [-0.2, 0) is 26.8 Å². The standard InChI is InChI=1S/C17H14ClFO3S/c1-2-15(20)9-12-5-3-4-6-17(12)23(21,22)11-13-7-8-14(19)10-16(13)18/h2-8,10H,1,9,11H2. The van der Waals surface area contributed by atoms with Crippen LogP contribution < -0.4 is 0 Å². The van der Waals surface area contributed by atoms with Crippen molar-refractivity contribution in [1.29, 1.82) is 0 Å². The van der Waals surface area contributed by atoms with E-state index in [1.54, 1.807) is 18.2 Å². The van der Waals surface area contributed by atoms with Crippen molar-refractivity contribution in [2.45, 2.75) is 17.1 Å². The highest BCUT2D eigenvalue weighted by atomic mass is 35.5. The molecule has 2 aromatic carbocycles. The fourth-order valence-corrected chi connectivity index (χ4v) is 4.09. The Morgan fingerprint density at radius 1 is 1.17 bits per heavy atom. The predicted molar refractivity (Wildman–Crippen MR) is 87.6 cm³/mol. The molecule has 0 aliphatic rings. The summed E-state index contributed by atoms with van der Waals surface area (Å²) in [5.41, 5.74) is 0.702. The van der Waals surface area contributed by atoms with Crippen LogP contribution in [0.3, 0.4) is 0 Å². The minimum atomic E-state index is -3.73. The van der Waals surface area contributed by atoms with Crippen LogP contribution in [0.15, 0.2) is 60.0 Å². The Morgan fingerprint density at radius 2 is 1.87 bits per heavy atom. The molecular weight excluding hydrogens is 339 g/mol. The van der Waals surface area contributed by atoms with Crippen LogP contribution >= 0.6 is 11.6 Å². The molecule has 0 aliphatic heterocycles. The van der Waals surface area contributed by atoms with Crippen molar-refractivity contribution in [1.82, 2.24) is 0 Å². The van der Waals surface area contributed by atoms with Crippen molar-refractivity contribution >= 4 is 27.2 Å². The Bertz CT molecular complexity index is 860. The Kier molecular flexibility index (Phi) is 5.34. The maximum Gasteiger partial charge on any atom is 0.182 e. The molecule has 0 unspecified atom stereocenters. The molecule has 0 saturated carbocycles. The summed E-state index contributed by atoms with van der Waals surface area (Å²) in [4.78, 5) is 11.6. The second-order valence-electron chi connectivity index (χ2n) is 4.95. The number of ketones is 1. The molecule has 0 radical (unpaired) electrons. The monoisotopic (exact) mass is 352 g/mol. The van der Waals surface area contributed by atoms with Gasteiger partial charge in [0.15, 0.2) is 15.6 Å². The first-order valence-corrected chi connectivity index (χ1v) is 8.76. The van der Waals surface area contributed by atoms with Crippen molar-refractivity contribution in [3.63, 3.8) is 0 Å². The molecule has 6 heteroatoms. The van der Waals surface area contributed by atoms with Gasteiger partial charge in [0.2, 0.25) is 0 Å². The van der Waals surface area contributed by atoms with Crippen LogP contribution in [0.4, 0.5) is 4.39 Å².